The maximum atomic E-state index is 12.1. The lowest BCUT2D eigenvalue weighted by molar-refractivity contribution is 0.0921. The minimum atomic E-state index is -0.235. The highest BCUT2D eigenvalue weighted by Crippen LogP contribution is 2.27. The first-order valence-corrected chi connectivity index (χ1v) is 8.70. The van der Waals surface area contributed by atoms with E-state index in [9.17, 15) is 4.79 Å². The zero-order valence-corrected chi connectivity index (χ0v) is 14.5. The van der Waals surface area contributed by atoms with Crippen LogP contribution >= 0.6 is 15.9 Å². The molecule has 1 aliphatic carbocycles. The van der Waals surface area contributed by atoms with Gasteiger partial charge >= 0.3 is 0 Å². The molecule has 2 heterocycles. The Kier molecular flexibility index (Phi) is 3.98. The van der Waals surface area contributed by atoms with Crippen LogP contribution in [0.25, 0.3) is 5.69 Å². The molecule has 1 N–H and O–H groups in total. The second-order valence-corrected chi connectivity index (χ2v) is 6.54. The van der Waals surface area contributed by atoms with Crippen molar-refractivity contribution in [1.29, 1.82) is 0 Å². The van der Waals surface area contributed by atoms with Gasteiger partial charge in [0.15, 0.2) is 10.4 Å². The van der Waals surface area contributed by atoms with Crippen molar-refractivity contribution in [3.8, 4) is 5.69 Å². The van der Waals surface area contributed by atoms with Crippen LogP contribution in [0.1, 0.15) is 33.9 Å². The Morgan fingerprint density at radius 2 is 2.04 bits per heavy atom. The maximum absolute atomic E-state index is 12.1. The number of hydrogen-bond acceptors (Lipinski definition) is 3. The third-order valence-corrected chi connectivity index (χ3v) is 4.65. The fraction of sp³-hybridized carbons (Fsp3) is 0.222. The summed E-state index contributed by atoms with van der Waals surface area (Å²) in [5.74, 6) is 0.0581. The van der Waals surface area contributed by atoms with Crippen molar-refractivity contribution in [2.24, 2.45) is 0 Å². The van der Waals surface area contributed by atoms with Gasteiger partial charge in [-0.3, -0.25) is 4.79 Å². The average molecular weight is 386 g/mol. The second kappa shape index (κ2) is 6.28. The van der Waals surface area contributed by atoms with Gasteiger partial charge in [-0.2, -0.15) is 5.10 Å². The first kappa shape index (κ1) is 15.2. The largest absolute Gasteiger partial charge is 0.444 e. The smallest absolute Gasteiger partial charge is 0.287 e. The van der Waals surface area contributed by atoms with Gasteiger partial charge in [0.25, 0.3) is 5.91 Å². The number of furan rings is 1. The highest BCUT2D eigenvalue weighted by atomic mass is 79.9. The molecule has 1 amide bonds. The summed E-state index contributed by atoms with van der Waals surface area (Å²) < 4.78 is 7.83. The Morgan fingerprint density at radius 1 is 1.21 bits per heavy atom. The Hall–Kier alpha value is -2.34. The molecule has 0 saturated heterocycles. The highest BCUT2D eigenvalue weighted by Gasteiger charge is 2.23. The van der Waals surface area contributed by atoms with Gasteiger partial charge in [-0.05, 0) is 65.0 Å². The van der Waals surface area contributed by atoms with Gasteiger partial charge in [0.1, 0.15) is 0 Å². The number of carbonyl (C=O) groups excluding carboxylic acids is 1. The summed E-state index contributed by atoms with van der Waals surface area (Å²) in [5, 5.41) is 7.63. The van der Waals surface area contributed by atoms with E-state index in [-0.39, 0.29) is 5.91 Å². The molecule has 0 radical (unpaired) electrons. The molecule has 24 heavy (non-hydrogen) atoms. The fourth-order valence-corrected chi connectivity index (χ4v) is 3.43. The van der Waals surface area contributed by atoms with Crippen molar-refractivity contribution in [2.75, 3.05) is 0 Å². The van der Waals surface area contributed by atoms with Crippen molar-refractivity contribution in [3.63, 3.8) is 0 Å². The van der Waals surface area contributed by atoms with Crippen LogP contribution in [-0.2, 0) is 19.4 Å². The first-order valence-electron chi connectivity index (χ1n) is 7.91. The van der Waals surface area contributed by atoms with Crippen molar-refractivity contribution < 1.29 is 9.21 Å². The third kappa shape index (κ3) is 2.78. The minimum absolute atomic E-state index is 0.235. The van der Waals surface area contributed by atoms with E-state index < -0.39 is 0 Å². The van der Waals surface area contributed by atoms with Crippen LogP contribution in [0.15, 0.2) is 51.6 Å². The number of para-hydroxylation sites is 1. The average Bonchev–Trinajstić information content (AvgIpc) is 3.30. The van der Waals surface area contributed by atoms with Crippen molar-refractivity contribution in [1.82, 2.24) is 15.1 Å². The number of fused-ring (bicyclic) bond motifs is 1. The minimum Gasteiger partial charge on any atom is -0.444 e. The van der Waals surface area contributed by atoms with Crippen LogP contribution < -0.4 is 5.32 Å². The van der Waals surface area contributed by atoms with Gasteiger partial charge in [0.05, 0.1) is 17.9 Å². The number of nitrogens with zero attached hydrogens (tertiary/aromatic N) is 2. The molecular weight excluding hydrogens is 370 g/mol. The molecule has 0 atom stereocenters. The van der Waals surface area contributed by atoms with E-state index in [1.165, 1.54) is 11.3 Å². The molecule has 0 fully saturated rings. The van der Waals surface area contributed by atoms with E-state index in [4.69, 9.17) is 9.52 Å². The summed E-state index contributed by atoms with van der Waals surface area (Å²) in [6.45, 7) is 0.402. The van der Waals surface area contributed by atoms with Crippen LogP contribution in [0.4, 0.5) is 0 Å². The van der Waals surface area contributed by atoms with E-state index in [2.05, 4.69) is 21.2 Å². The molecule has 1 aromatic carbocycles. The highest BCUT2D eigenvalue weighted by molar-refractivity contribution is 9.10. The predicted octanol–water partition coefficient (Wildman–Crippen LogP) is 3.65. The standard InChI is InChI=1S/C18H16BrN3O2/c19-17-10-9-16(24-17)18(23)20-11-14-13-7-4-8-15(13)22(21-14)12-5-2-1-3-6-12/h1-3,5-6,9-10H,4,7-8,11H2,(H,20,23). The molecule has 0 unspecified atom stereocenters. The maximum Gasteiger partial charge on any atom is 0.287 e. The van der Waals surface area contributed by atoms with E-state index >= 15 is 0 Å². The molecule has 6 heteroatoms. The Balaban J connectivity index is 1.57. The number of halogens is 1. The summed E-state index contributed by atoms with van der Waals surface area (Å²) >= 11 is 3.20. The Morgan fingerprint density at radius 3 is 2.79 bits per heavy atom. The van der Waals surface area contributed by atoms with E-state index in [0.717, 1.165) is 30.6 Å². The quantitative estimate of drug-likeness (QED) is 0.745. The molecule has 1 aliphatic rings. The normalized spacial score (nSPS) is 13.0. The van der Waals surface area contributed by atoms with E-state index in [1.807, 2.05) is 35.0 Å². The number of nitrogens with one attached hydrogen (secondary N) is 1. The van der Waals surface area contributed by atoms with Crippen LogP contribution in [0.3, 0.4) is 0 Å². The molecular formula is C18H16BrN3O2. The number of aromatic nitrogens is 2. The van der Waals surface area contributed by atoms with E-state index in [1.54, 1.807) is 12.1 Å². The van der Waals surface area contributed by atoms with Crippen molar-refractivity contribution in [3.05, 3.63) is 69.8 Å². The van der Waals surface area contributed by atoms with Crippen molar-refractivity contribution in [2.45, 2.75) is 25.8 Å². The molecule has 2 aromatic heterocycles. The first-order chi connectivity index (χ1) is 11.7. The molecule has 0 aliphatic heterocycles. The van der Waals surface area contributed by atoms with Gasteiger partial charge in [-0.25, -0.2) is 4.68 Å². The van der Waals surface area contributed by atoms with Crippen LogP contribution in [0.2, 0.25) is 0 Å². The molecule has 5 nitrogen and oxygen atoms in total. The number of benzene rings is 1. The fourth-order valence-electron chi connectivity index (χ4n) is 3.13. The summed E-state index contributed by atoms with van der Waals surface area (Å²) in [7, 11) is 0. The van der Waals surface area contributed by atoms with Crippen LogP contribution in [-0.4, -0.2) is 15.7 Å². The SMILES string of the molecule is O=C(NCc1nn(-c2ccccc2)c2c1CCC2)c1ccc(Br)o1. The lowest BCUT2D eigenvalue weighted by Gasteiger charge is -2.05. The lowest BCUT2D eigenvalue weighted by Crippen LogP contribution is -2.23. The summed E-state index contributed by atoms with van der Waals surface area (Å²) in [6.07, 6.45) is 3.17. The monoisotopic (exact) mass is 385 g/mol. The summed E-state index contributed by atoms with van der Waals surface area (Å²) in [6, 6.07) is 13.5. The van der Waals surface area contributed by atoms with Crippen LogP contribution in [0, 0.1) is 0 Å². The molecule has 0 saturated carbocycles. The van der Waals surface area contributed by atoms with E-state index in [0.29, 0.717) is 17.0 Å². The molecule has 0 spiro atoms. The predicted molar refractivity (Wildman–Crippen MR) is 93.2 cm³/mol. The number of carbonyl (C=O) groups is 1. The Bertz CT molecular complexity index is 883. The zero-order chi connectivity index (χ0) is 16.5. The van der Waals surface area contributed by atoms with Crippen molar-refractivity contribution >= 4 is 21.8 Å². The summed E-state index contributed by atoms with van der Waals surface area (Å²) in [4.78, 5) is 12.1. The number of hydrogen-bond donors (Lipinski definition) is 1. The van der Waals surface area contributed by atoms with Gasteiger partial charge in [-0.1, -0.05) is 18.2 Å². The topological polar surface area (TPSA) is 60.1 Å². The molecule has 4 rings (SSSR count). The Labute approximate surface area is 147 Å². The number of rotatable bonds is 4. The van der Waals surface area contributed by atoms with Gasteiger partial charge in [-0.15, -0.1) is 0 Å². The molecule has 122 valence electrons. The summed E-state index contributed by atoms with van der Waals surface area (Å²) in [5.41, 5.74) is 4.51. The van der Waals surface area contributed by atoms with Gasteiger partial charge < -0.3 is 9.73 Å². The second-order valence-electron chi connectivity index (χ2n) is 5.76. The van der Waals surface area contributed by atoms with Gasteiger partial charge in [0.2, 0.25) is 0 Å². The third-order valence-electron chi connectivity index (χ3n) is 4.23. The van der Waals surface area contributed by atoms with Crippen LogP contribution in [0.5, 0.6) is 0 Å². The van der Waals surface area contributed by atoms with Gasteiger partial charge in [0, 0.05) is 5.69 Å². The lowest BCUT2D eigenvalue weighted by atomic mass is 10.2. The number of amides is 1. The molecule has 3 aromatic rings. The zero-order valence-electron chi connectivity index (χ0n) is 13.0. The molecule has 0 bridgehead atoms.